The molecule has 1 fully saturated rings. The summed E-state index contributed by atoms with van der Waals surface area (Å²) in [5.74, 6) is 0.00158. The lowest BCUT2D eigenvalue weighted by atomic mass is 10.2. The van der Waals surface area contributed by atoms with Crippen LogP contribution in [0.2, 0.25) is 0 Å². The number of anilines is 1. The van der Waals surface area contributed by atoms with Crippen LogP contribution in [0.25, 0.3) is 6.08 Å². The number of methoxy groups -OCH3 is 1. The topological polar surface area (TPSA) is 84.9 Å². The SMILES string of the molecule is CCOC(=O)c1ccc(NC(=O)CCCN2C(=O)/C(=C\c3ccc(OC)cc3)SC2=S)cc1. The predicted octanol–water partition coefficient (Wildman–Crippen LogP) is 4.49. The van der Waals surface area contributed by atoms with Crippen molar-refractivity contribution in [2.45, 2.75) is 19.8 Å². The van der Waals surface area contributed by atoms with E-state index in [0.717, 1.165) is 11.3 Å². The fraction of sp³-hybridized carbons (Fsp3) is 0.250. The van der Waals surface area contributed by atoms with Gasteiger partial charge < -0.3 is 14.8 Å². The molecule has 7 nitrogen and oxygen atoms in total. The summed E-state index contributed by atoms with van der Waals surface area (Å²) in [5.41, 5.74) is 1.89. The van der Waals surface area contributed by atoms with Gasteiger partial charge in [-0.05, 0) is 61.4 Å². The van der Waals surface area contributed by atoms with Crippen LogP contribution in [-0.4, -0.2) is 47.3 Å². The Morgan fingerprint density at radius 2 is 1.82 bits per heavy atom. The minimum absolute atomic E-state index is 0.157. The molecule has 1 aliphatic rings. The molecule has 0 saturated carbocycles. The zero-order valence-electron chi connectivity index (χ0n) is 18.3. The van der Waals surface area contributed by atoms with E-state index in [1.54, 1.807) is 44.4 Å². The van der Waals surface area contributed by atoms with E-state index in [0.29, 0.717) is 40.0 Å². The van der Waals surface area contributed by atoms with E-state index < -0.39 is 5.97 Å². The molecule has 2 aromatic rings. The molecule has 9 heteroatoms. The molecule has 1 saturated heterocycles. The molecule has 2 aromatic carbocycles. The second kappa shape index (κ2) is 11.6. The Kier molecular flexibility index (Phi) is 8.62. The number of rotatable bonds is 9. The number of thiocarbonyl (C=S) groups is 1. The summed E-state index contributed by atoms with van der Waals surface area (Å²) in [6.45, 7) is 2.41. The summed E-state index contributed by atoms with van der Waals surface area (Å²) in [7, 11) is 1.60. The lowest BCUT2D eigenvalue weighted by Crippen LogP contribution is -2.29. The largest absolute Gasteiger partial charge is 0.497 e. The van der Waals surface area contributed by atoms with E-state index in [1.807, 2.05) is 24.3 Å². The van der Waals surface area contributed by atoms with Gasteiger partial charge in [-0.2, -0.15) is 0 Å². The lowest BCUT2D eigenvalue weighted by molar-refractivity contribution is -0.122. The van der Waals surface area contributed by atoms with E-state index in [-0.39, 0.29) is 18.2 Å². The average Bonchev–Trinajstić information content (AvgIpc) is 3.07. The van der Waals surface area contributed by atoms with Crippen molar-refractivity contribution < 1.29 is 23.9 Å². The number of esters is 1. The standard InChI is InChI=1S/C24H24N2O5S2/c1-3-31-23(29)17-8-10-18(11-9-17)25-21(27)5-4-14-26-22(28)20(33-24(26)32)15-16-6-12-19(30-2)13-7-16/h6-13,15H,3-5,14H2,1-2H3,(H,25,27)/b20-15+. The van der Waals surface area contributed by atoms with Gasteiger partial charge in [-0.1, -0.05) is 36.1 Å². The number of hydrogen-bond acceptors (Lipinski definition) is 7. The van der Waals surface area contributed by atoms with Crippen molar-refractivity contribution in [2.24, 2.45) is 0 Å². The van der Waals surface area contributed by atoms with Crippen LogP contribution in [0, 0.1) is 0 Å². The highest BCUT2D eigenvalue weighted by Crippen LogP contribution is 2.33. The highest BCUT2D eigenvalue weighted by molar-refractivity contribution is 8.26. The quantitative estimate of drug-likeness (QED) is 0.319. The van der Waals surface area contributed by atoms with Crippen LogP contribution in [0.3, 0.4) is 0 Å². The Labute approximate surface area is 202 Å². The van der Waals surface area contributed by atoms with Crippen LogP contribution >= 0.6 is 24.0 Å². The Balaban J connectivity index is 1.49. The van der Waals surface area contributed by atoms with Crippen LogP contribution in [0.15, 0.2) is 53.4 Å². The van der Waals surface area contributed by atoms with Gasteiger partial charge in [0.1, 0.15) is 10.1 Å². The Morgan fingerprint density at radius 1 is 1.12 bits per heavy atom. The molecule has 0 spiro atoms. The first-order valence-electron chi connectivity index (χ1n) is 10.4. The summed E-state index contributed by atoms with van der Waals surface area (Å²) in [6.07, 6.45) is 2.49. The van der Waals surface area contributed by atoms with Crippen LogP contribution in [0.4, 0.5) is 5.69 Å². The van der Waals surface area contributed by atoms with Crippen molar-refractivity contribution >= 4 is 57.8 Å². The second-order valence-electron chi connectivity index (χ2n) is 7.06. The molecule has 0 aliphatic carbocycles. The molecule has 3 rings (SSSR count). The summed E-state index contributed by atoms with van der Waals surface area (Å²) in [6, 6.07) is 13.9. The van der Waals surface area contributed by atoms with Gasteiger partial charge in [0.2, 0.25) is 5.91 Å². The fourth-order valence-corrected chi connectivity index (χ4v) is 4.38. The maximum atomic E-state index is 12.7. The number of carbonyl (C=O) groups excluding carboxylic acids is 3. The Morgan fingerprint density at radius 3 is 2.45 bits per heavy atom. The Hall–Kier alpha value is -3.17. The number of hydrogen-bond donors (Lipinski definition) is 1. The zero-order chi connectivity index (χ0) is 23.8. The molecule has 0 radical (unpaired) electrons. The van der Waals surface area contributed by atoms with Gasteiger partial charge in [0.15, 0.2) is 0 Å². The number of amides is 2. The van der Waals surface area contributed by atoms with Crippen LogP contribution in [0.1, 0.15) is 35.7 Å². The third-order valence-corrected chi connectivity index (χ3v) is 6.13. The van der Waals surface area contributed by atoms with E-state index >= 15 is 0 Å². The van der Waals surface area contributed by atoms with E-state index in [1.165, 1.54) is 16.7 Å². The van der Waals surface area contributed by atoms with Gasteiger partial charge in [0.05, 0.1) is 24.2 Å². The van der Waals surface area contributed by atoms with Crippen LogP contribution < -0.4 is 10.1 Å². The molecule has 0 atom stereocenters. The monoisotopic (exact) mass is 484 g/mol. The molecule has 172 valence electrons. The van der Waals surface area contributed by atoms with E-state index in [9.17, 15) is 14.4 Å². The van der Waals surface area contributed by atoms with Crippen molar-refractivity contribution in [3.05, 3.63) is 64.6 Å². The summed E-state index contributed by atoms with van der Waals surface area (Å²) >= 11 is 6.61. The van der Waals surface area contributed by atoms with E-state index in [4.69, 9.17) is 21.7 Å². The third-order valence-electron chi connectivity index (χ3n) is 4.75. The molecule has 1 N–H and O–H groups in total. The van der Waals surface area contributed by atoms with Crippen molar-refractivity contribution in [3.63, 3.8) is 0 Å². The van der Waals surface area contributed by atoms with Crippen molar-refractivity contribution in [3.8, 4) is 5.75 Å². The smallest absolute Gasteiger partial charge is 0.338 e. The molecule has 33 heavy (non-hydrogen) atoms. The fourth-order valence-electron chi connectivity index (χ4n) is 3.07. The highest BCUT2D eigenvalue weighted by atomic mass is 32.2. The molecular formula is C24H24N2O5S2. The number of thioether (sulfide) groups is 1. The summed E-state index contributed by atoms with van der Waals surface area (Å²) < 4.78 is 10.6. The number of benzene rings is 2. The molecule has 1 heterocycles. The normalized spacial score (nSPS) is 14.5. The number of carbonyl (C=O) groups is 3. The minimum atomic E-state index is -0.403. The highest BCUT2D eigenvalue weighted by Gasteiger charge is 2.31. The molecule has 2 amide bonds. The Bertz CT molecular complexity index is 1070. The zero-order valence-corrected chi connectivity index (χ0v) is 20.0. The predicted molar refractivity (Wildman–Crippen MR) is 133 cm³/mol. The molecule has 0 bridgehead atoms. The maximum Gasteiger partial charge on any atom is 0.338 e. The van der Waals surface area contributed by atoms with Crippen molar-refractivity contribution in [2.75, 3.05) is 25.6 Å². The molecular weight excluding hydrogens is 460 g/mol. The molecule has 0 aromatic heterocycles. The first-order valence-corrected chi connectivity index (χ1v) is 11.6. The molecule has 0 unspecified atom stereocenters. The van der Waals surface area contributed by atoms with Gasteiger partial charge in [-0.3, -0.25) is 14.5 Å². The third kappa shape index (κ3) is 6.66. The minimum Gasteiger partial charge on any atom is -0.497 e. The van der Waals surface area contributed by atoms with E-state index in [2.05, 4.69) is 5.32 Å². The second-order valence-corrected chi connectivity index (χ2v) is 8.73. The van der Waals surface area contributed by atoms with Crippen molar-refractivity contribution in [1.82, 2.24) is 4.90 Å². The van der Waals surface area contributed by atoms with Gasteiger partial charge in [0.25, 0.3) is 5.91 Å². The summed E-state index contributed by atoms with van der Waals surface area (Å²) in [5, 5.41) is 2.78. The first kappa shape index (κ1) is 24.5. The summed E-state index contributed by atoms with van der Waals surface area (Å²) in [4.78, 5) is 38.8. The van der Waals surface area contributed by atoms with Gasteiger partial charge in [-0.15, -0.1) is 0 Å². The maximum absolute atomic E-state index is 12.7. The number of ether oxygens (including phenoxy) is 2. The average molecular weight is 485 g/mol. The lowest BCUT2D eigenvalue weighted by Gasteiger charge is -2.14. The number of nitrogens with one attached hydrogen (secondary N) is 1. The van der Waals surface area contributed by atoms with Gasteiger partial charge in [-0.25, -0.2) is 4.79 Å². The first-order chi connectivity index (χ1) is 15.9. The number of nitrogens with zero attached hydrogens (tertiary/aromatic N) is 1. The van der Waals surface area contributed by atoms with Gasteiger partial charge >= 0.3 is 5.97 Å². The van der Waals surface area contributed by atoms with Crippen LogP contribution in [-0.2, 0) is 14.3 Å². The van der Waals surface area contributed by atoms with Crippen molar-refractivity contribution in [1.29, 1.82) is 0 Å². The van der Waals surface area contributed by atoms with Gasteiger partial charge in [0, 0.05) is 18.7 Å². The van der Waals surface area contributed by atoms with Crippen LogP contribution in [0.5, 0.6) is 5.75 Å². The molecule has 1 aliphatic heterocycles.